The topological polar surface area (TPSA) is 141 Å². The normalized spacial score (nSPS) is 14.5. The lowest BCUT2D eigenvalue weighted by Gasteiger charge is -2.21. The third-order valence-corrected chi connectivity index (χ3v) is 10.1. The number of nitrogens with zero attached hydrogens (tertiary/aromatic N) is 4. The summed E-state index contributed by atoms with van der Waals surface area (Å²) < 4.78 is 13.6. The van der Waals surface area contributed by atoms with Crippen molar-refractivity contribution in [1.82, 2.24) is 35.1 Å². The van der Waals surface area contributed by atoms with E-state index in [2.05, 4.69) is 16.0 Å². The van der Waals surface area contributed by atoms with Crippen molar-refractivity contribution in [3.8, 4) is 39.4 Å². The molecule has 1 aliphatic rings. The first kappa shape index (κ1) is 37.0. The van der Waals surface area contributed by atoms with Crippen LogP contribution >= 0.6 is 23.2 Å². The van der Waals surface area contributed by atoms with Gasteiger partial charge in [0.05, 0.1) is 41.9 Å². The number of rotatable bonds is 13. The Labute approximate surface area is 311 Å². The molecule has 52 heavy (non-hydrogen) atoms. The molecule has 4 heterocycles. The van der Waals surface area contributed by atoms with Crippen LogP contribution in [0.4, 0.5) is 0 Å². The van der Waals surface area contributed by atoms with Crippen molar-refractivity contribution in [3.05, 3.63) is 92.6 Å². The molecule has 1 atom stereocenters. The number of benzene rings is 2. The molecule has 3 N–H and O–H groups in total. The Bertz CT molecular complexity index is 2210. The zero-order valence-electron chi connectivity index (χ0n) is 29.7. The molecule has 0 unspecified atom stereocenters. The minimum atomic E-state index is -0.745. The van der Waals surface area contributed by atoms with Gasteiger partial charge in [0.25, 0.3) is 5.56 Å². The monoisotopic (exact) mass is 745 g/mol. The summed E-state index contributed by atoms with van der Waals surface area (Å²) in [5, 5.41) is 15.2. The number of pyridine rings is 1. The number of carbonyl (C=O) groups excluding carboxylic acids is 2. The summed E-state index contributed by atoms with van der Waals surface area (Å²) in [5.74, 6) is 0.732. The van der Waals surface area contributed by atoms with Crippen LogP contribution in [0, 0.1) is 5.41 Å². The highest BCUT2D eigenvalue weighted by molar-refractivity contribution is 6.39. The summed E-state index contributed by atoms with van der Waals surface area (Å²) in [4.78, 5) is 41.8. The maximum absolute atomic E-state index is 13.4. The van der Waals surface area contributed by atoms with Crippen LogP contribution in [0.1, 0.15) is 38.1 Å². The lowest BCUT2D eigenvalue weighted by atomic mass is 9.94. The molecule has 6 rings (SSSR count). The maximum atomic E-state index is 13.4. The molecule has 1 fully saturated rings. The highest BCUT2D eigenvalue weighted by Gasteiger charge is 2.28. The van der Waals surface area contributed by atoms with E-state index in [0.29, 0.717) is 81.3 Å². The molecule has 0 aliphatic carbocycles. The Morgan fingerprint density at radius 2 is 1.67 bits per heavy atom. The van der Waals surface area contributed by atoms with E-state index < -0.39 is 5.41 Å². The van der Waals surface area contributed by atoms with Gasteiger partial charge in [-0.3, -0.25) is 19.0 Å². The Kier molecular flexibility index (Phi) is 11.0. The first-order chi connectivity index (χ1) is 24.9. The molecule has 0 spiro atoms. The predicted molar refractivity (Wildman–Crippen MR) is 201 cm³/mol. The lowest BCUT2D eigenvalue weighted by molar-refractivity contribution is -0.150. The van der Waals surface area contributed by atoms with Crippen molar-refractivity contribution in [3.63, 3.8) is 0 Å². The van der Waals surface area contributed by atoms with Crippen LogP contribution in [0.5, 0.6) is 5.88 Å². The molecule has 0 radical (unpaired) electrons. The first-order valence-corrected chi connectivity index (χ1v) is 17.7. The standard InChI is InChI=1S/C38H41Cl2N7O5/c1-38(2,37(50)52-5)21-42-19-31-45-47-20-23(16-30(47)36(49)46(31)3)25-8-6-9-26(33(25)39)27-10-7-11-28(34(27)40)29-14-12-22(35(44-29)51-4)17-41-18-24-13-15-32(48)43-24/h6-12,14,16,20,24,41-42H,13,15,17-19,21H2,1-5H3,(H,43,48)/t24-/m0/s1. The molecule has 1 amide bonds. The molecule has 1 saturated heterocycles. The number of nitrogens with one attached hydrogen (secondary N) is 3. The van der Waals surface area contributed by atoms with Gasteiger partial charge in [-0.25, -0.2) is 9.50 Å². The van der Waals surface area contributed by atoms with Crippen LogP contribution in [0.15, 0.2) is 65.6 Å². The minimum Gasteiger partial charge on any atom is -0.481 e. The van der Waals surface area contributed by atoms with Crippen molar-refractivity contribution in [2.75, 3.05) is 27.3 Å². The van der Waals surface area contributed by atoms with Crippen LogP contribution < -0.4 is 26.2 Å². The van der Waals surface area contributed by atoms with Gasteiger partial charge in [-0.15, -0.1) is 0 Å². The molecular formula is C38H41Cl2N7O5. The van der Waals surface area contributed by atoms with E-state index in [0.717, 1.165) is 17.5 Å². The fraction of sp³-hybridized carbons (Fsp3) is 0.342. The number of hydrogen-bond acceptors (Lipinski definition) is 9. The summed E-state index contributed by atoms with van der Waals surface area (Å²) in [5.41, 5.74) is 4.52. The molecule has 272 valence electrons. The molecule has 1 aliphatic heterocycles. The van der Waals surface area contributed by atoms with E-state index in [1.165, 1.54) is 11.7 Å². The number of methoxy groups -OCH3 is 2. The quantitative estimate of drug-likeness (QED) is 0.135. The zero-order valence-corrected chi connectivity index (χ0v) is 31.2. The number of carbonyl (C=O) groups is 2. The Morgan fingerprint density at radius 1 is 0.981 bits per heavy atom. The maximum Gasteiger partial charge on any atom is 0.312 e. The molecule has 0 bridgehead atoms. The van der Waals surface area contributed by atoms with Crippen molar-refractivity contribution >= 4 is 40.6 Å². The average molecular weight is 747 g/mol. The summed E-state index contributed by atoms with van der Waals surface area (Å²) in [6.45, 7) is 5.37. The number of ether oxygens (including phenoxy) is 2. The summed E-state index contributed by atoms with van der Waals surface area (Å²) in [7, 11) is 4.61. The van der Waals surface area contributed by atoms with Crippen molar-refractivity contribution in [1.29, 1.82) is 0 Å². The predicted octanol–water partition coefficient (Wildman–Crippen LogP) is 5.40. The van der Waals surface area contributed by atoms with Crippen LogP contribution in [0.2, 0.25) is 10.0 Å². The number of halogens is 2. The second-order valence-corrected chi connectivity index (χ2v) is 14.2. The van der Waals surface area contributed by atoms with E-state index in [-0.39, 0.29) is 30.0 Å². The van der Waals surface area contributed by atoms with E-state index >= 15 is 0 Å². The second-order valence-electron chi connectivity index (χ2n) is 13.5. The minimum absolute atomic E-state index is 0.0869. The number of esters is 1. The highest BCUT2D eigenvalue weighted by atomic mass is 35.5. The van der Waals surface area contributed by atoms with Crippen molar-refractivity contribution in [2.45, 2.75) is 45.8 Å². The number of aromatic nitrogens is 4. The lowest BCUT2D eigenvalue weighted by Crippen LogP contribution is -2.38. The molecule has 14 heteroatoms. The summed E-state index contributed by atoms with van der Waals surface area (Å²) in [6.07, 6.45) is 3.16. The zero-order chi connectivity index (χ0) is 37.2. The summed E-state index contributed by atoms with van der Waals surface area (Å²) in [6, 6.07) is 17.2. The van der Waals surface area contributed by atoms with Gasteiger partial charge in [0.2, 0.25) is 11.8 Å². The number of hydrogen-bond donors (Lipinski definition) is 3. The summed E-state index contributed by atoms with van der Waals surface area (Å²) >= 11 is 14.2. The van der Waals surface area contributed by atoms with E-state index in [9.17, 15) is 14.4 Å². The van der Waals surface area contributed by atoms with E-state index in [4.69, 9.17) is 42.8 Å². The third-order valence-electron chi connectivity index (χ3n) is 9.32. The van der Waals surface area contributed by atoms with Crippen molar-refractivity contribution in [2.24, 2.45) is 12.5 Å². The Hall–Kier alpha value is -4.75. The fourth-order valence-electron chi connectivity index (χ4n) is 6.35. The second kappa shape index (κ2) is 15.5. The Morgan fingerprint density at radius 3 is 2.35 bits per heavy atom. The van der Waals surface area contributed by atoms with Crippen LogP contribution in [-0.4, -0.2) is 64.4 Å². The Balaban J connectivity index is 1.25. The van der Waals surface area contributed by atoms with E-state index in [1.54, 1.807) is 44.8 Å². The number of fused-ring (bicyclic) bond motifs is 1. The SMILES string of the molecule is COC(=O)C(C)(C)CNCc1nn2cc(-c3cccc(-c4cccc(-c5ccc(CNC[C@@H]6CCC(=O)N6)c(OC)n5)c4Cl)c3Cl)cc2c(=O)n1C. The highest BCUT2D eigenvalue weighted by Crippen LogP contribution is 2.42. The third kappa shape index (κ3) is 7.56. The van der Waals surface area contributed by atoms with Gasteiger partial charge in [0.1, 0.15) is 11.3 Å². The molecule has 3 aromatic heterocycles. The molecule has 2 aromatic carbocycles. The van der Waals surface area contributed by atoms with E-state index in [1.807, 2.05) is 48.5 Å². The van der Waals surface area contributed by atoms with Gasteiger partial charge in [-0.05, 0) is 32.4 Å². The fourth-order valence-corrected chi connectivity index (χ4v) is 7.02. The molecule has 5 aromatic rings. The largest absolute Gasteiger partial charge is 0.481 e. The smallest absolute Gasteiger partial charge is 0.312 e. The van der Waals surface area contributed by atoms with Crippen LogP contribution in [0.3, 0.4) is 0 Å². The molecular weight excluding hydrogens is 705 g/mol. The van der Waals surface area contributed by atoms with Gasteiger partial charge >= 0.3 is 5.97 Å². The van der Waals surface area contributed by atoms with Gasteiger partial charge in [0.15, 0.2) is 0 Å². The first-order valence-electron chi connectivity index (χ1n) is 16.9. The van der Waals surface area contributed by atoms with Gasteiger partial charge in [-0.1, -0.05) is 65.7 Å². The van der Waals surface area contributed by atoms with Crippen LogP contribution in [0.25, 0.3) is 39.0 Å². The molecule has 12 nitrogen and oxygen atoms in total. The molecule has 0 saturated carbocycles. The van der Waals surface area contributed by atoms with Crippen molar-refractivity contribution < 1.29 is 19.1 Å². The average Bonchev–Trinajstić information content (AvgIpc) is 3.76. The van der Waals surface area contributed by atoms with Gasteiger partial charge < -0.3 is 25.4 Å². The van der Waals surface area contributed by atoms with Gasteiger partial charge in [-0.2, -0.15) is 5.10 Å². The number of amides is 1. The van der Waals surface area contributed by atoms with Crippen LogP contribution in [-0.2, 0) is 34.5 Å². The van der Waals surface area contributed by atoms with Gasteiger partial charge in [0, 0.05) is 78.7 Å².